The Balaban J connectivity index is 1.72. The number of fused-ring (bicyclic) bond motifs is 1. The number of hydrogen-bond donors (Lipinski definition) is 3. The van der Waals surface area contributed by atoms with Gasteiger partial charge in [0.1, 0.15) is 6.10 Å². The molecule has 1 amide bonds. The number of nitrogens with two attached hydrogens (primary N) is 2. The van der Waals surface area contributed by atoms with Crippen LogP contribution in [0.2, 0.25) is 0 Å². The van der Waals surface area contributed by atoms with Crippen LogP contribution >= 0.6 is 0 Å². The highest BCUT2D eigenvalue weighted by molar-refractivity contribution is 5.84. The second-order valence-electron chi connectivity index (χ2n) is 5.96. The molecule has 23 heavy (non-hydrogen) atoms. The summed E-state index contributed by atoms with van der Waals surface area (Å²) in [4.78, 5) is 12.4. The van der Waals surface area contributed by atoms with Crippen molar-refractivity contribution in [2.45, 2.75) is 31.1 Å². The number of carbonyl (C=O) groups is 1. The fraction of sp³-hybridized carbons (Fsp3) is 0.389. The van der Waals surface area contributed by atoms with Crippen LogP contribution in [0.5, 0.6) is 0 Å². The van der Waals surface area contributed by atoms with E-state index in [1.165, 1.54) is 5.39 Å². The Morgan fingerprint density at radius 1 is 1.17 bits per heavy atom. The van der Waals surface area contributed by atoms with E-state index in [-0.39, 0.29) is 18.1 Å². The standard InChI is InChI=1S/C18H23N3O2/c19-10-15-7-8-17(23-15)18(22)21-16(11-20)14-6-5-12-3-1-2-4-13(12)9-14/h1-6,9,15-17H,7-8,10-11,19-20H2,(H,21,22)/t15-,16?,17+/m1/s1. The van der Waals surface area contributed by atoms with Crippen LogP contribution in [0, 0.1) is 0 Å². The summed E-state index contributed by atoms with van der Waals surface area (Å²) in [6.45, 7) is 0.798. The fourth-order valence-corrected chi connectivity index (χ4v) is 3.04. The highest BCUT2D eigenvalue weighted by atomic mass is 16.5. The van der Waals surface area contributed by atoms with E-state index in [0.29, 0.717) is 19.5 Å². The molecule has 0 radical (unpaired) electrons. The molecule has 122 valence electrons. The molecule has 0 bridgehead atoms. The highest BCUT2D eigenvalue weighted by Crippen LogP contribution is 2.22. The van der Waals surface area contributed by atoms with E-state index >= 15 is 0 Å². The fourth-order valence-electron chi connectivity index (χ4n) is 3.04. The average Bonchev–Trinajstić information content (AvgIpc) is 3.08. The maximum Gasteiger partial charge on any atom is 0.249 e. The molecule has 0 aliphatic carbocycles. The van der Waals surface area contributed by atoms with Crippen LogP contribution < -0.4 is 16.8 Å². The van der Waals surface area contributed by atoms with Crippen LogP contribution in [0.4, 0.5) is 0 Å². The minimum atomic E-state index is -0.418. The minimum Gasteiger partial charge on any atom is -0.364 e. The normalized spacial score (nSPS) is 22.2. The first-order chi connectivity index (χ1) is 11.2. The molecule has 0 aromatic heterocycles. The first kappa shape index (κ1) is 15.9. The van der Waals surface area contributed by atoms with Crippen molar-refractivity contribution < 1.29 is 9.53 Å². The molecule has 5 N–H and O–H groups in total. The number of amides is 1. The van der Waals surface area contributed by atoms with Gasteiger partial charge in [-0.05, 0) is 35.2 Å². The quantitative estimate of drug-likeness (QED) is 0.779. The summed E-state index contributed by atoms with van der Waals surface area (Å²) in [6, 6.07) is 14.1. The third kappa shape index (κ3) is 3.52. The van der Waals surface area contributed by atoms with Crippen molar-refractivity contribution in [2.75, 3.05) is 13.1 Å². The van der Waals surface area contributed by atoms with Gasteiger partial charge in [-0.15, -0.1) is 0 Å². The molecule has 5 heteroatoms. The lowest BCUT2D eigenvalue weighted by Gasteiger charge is -2.20. The van der Waals surface area contributed by atoms with Crippen LogP contribution in [-0.4, -0.2) is 31.2 Å². The molecule has 0 spiro atoms. The molecule has 1 saturated heterocycles. The summed E-state index contributed by atoms with van der Waals surface area (Å²) < 4.78 is 5.65. The molecule has 1 aliphatic heterocycles. The predicted molar refractivity (Wildman–Crippen MR) is 90.8 cm³/mol. The van der Waals surface area contributed by atoms with Gasteiger partial charge < -0.3 is 21.5 Å². The Hall–Kier alpha value is -1.95. The Labute approximate surface area is 136 Å². The van der Waals surface area contributed by atoms with E-state index in [2.05, 4.69) is 29.6 Å². The maximum absolute atomic E-state index is 12.4. The molecular formula is C18H23N3O2. The van der Waals surface area contributed by atoms with Crippen molar-refractivity contribution in [3.05, 3.63) is 48.0 Å². The molecule has 0 saturated carbocycles. The molecule has 2 aromatic rings. The van der Waals surface area contributed by atoms with Gasteiger partial charge in [-0.1, -0.05) is 36.4 Å². The van der Waals surface area contributed by atoms with Gasteiger partial charge in [-0.3, -0.25) is 4.79 Å². The van der Waals surface area contributed by atoms with Crippen molar-refractivity contribution in [3.63, 3.8) is 0 Å². The molecule has 1 aliphatic rings. The zero-order valence-corrected chi connectivity index (χ0v) is 13.1. The van der Waals surface area contributed by atoms with Crippen LogP contribution in [0.15, 0.2) is 42.5 Å². The third-order valence-electron chi connectivity index (χ3n) is 4.39. The molecule has 3 rings (SSSR count). The molecule has 3 atom stereocenters. The second-order valence-corrected chi connectivity index (χ2v) is 5.96. The van der Waals surface area contributed by atoms with E-state index in [9.17, 15) is 4.79 Å². The summed E-state index contributed by atoms with van der Waals surface area (Å²) in [6.07, 6.45) is 1.11. The lowest BCUT2D eigenvalue weighted by Crippen LogP contribution is -2.40. The summed E-state index contributed by atoms with van der Waals surface area (Å²) in [5.41, 5.74) is 12.5. The smallest absolute Gasteiger partial charge is 0.249 e. The predicted octanol–water partition coefficient (Wildman–Crippen LogP) is 1.46. The summed E-state index contributed by atoms with van der Waals surface area (Å²) >= 11 is 0. The van der Waals surface area contributed by atoms with Gasteiger partial charge in [-0.25, -0.2) is 0 Å². The van der Waals surface area contributed by atoms with Crippen molar-refractivity contribution in [1.82, 2.24) is 5.32 Å². The highest BCUT2D eigenvalue weighted by Gasteiger charge is 2.30. The van der Waals surface area contributed by atoms with Crippen molar-refractivity contribution in [1.29, 1.82) is 0 Å². The minimum absolute atomic E-state index is 0.0113. The molecule has 1 heterocycles. The zero-order chi connectivity index (χ0) is 16.2. The van der Waals surface area contributed by atoms with Gasteiger partial charge in [0, 0.05) is 13.1 Å². The van der Waals surface area contributed by atoms with Crippen LogP contribution in [0.3, 0.4) is 0 Å². The molecule has 5 nitrogen and oxygen atoms in total. The number of hydrogen-bond acceptors (Lipinski definition) is 4. The zero-order valence-electron chi connectivity index (χ0n) is 13.1. The molecular weight excluding hydrogens is 290 g/mol. The molecule has 1 fully saturated rings. The number of benzene rings is 2. The number of rotatable bonds is 5. The molecule has 1 unspecified atom stereocenters. The van der Waals surface area contributed by atoms with E-state index in [1.807, 2.05) is 18.2 Å². The van der Waals surface area contributed by atoms with Gasteiger partial charge in [0.15, 0.2) is 0 Å². The van der Waals surface area contributed by atoms with Gasteiger partial charge in [0.25, 0.3) is 0 Å². The van der Waals surface area contributed by atoms with E-state index in [1.54, 1.807) is 0 Å². The number of carbonyl (C=O) groups excluding carboxylic acids is 1. The number of ether oxygens (including phenoxy) is 1. The Morgan fingerprint density at radius 2 is 1.96 bits per heavy atom. The van der Waals surface area contributed by atoms with Crippen molar-refractivity contribution in [2.24, 2.45) is 11.5 Å². The lowest BCUT2D eigenvalue weighted by molar-refractivity contribution is -0.132. The van der Waals surface area contributed by atoms with Gasteiger partial charge in [0.05, 0.1) is 12.1 Å². The van der Waals surface area contributed by atoms with Crippen LogP contribution in [0.25, 0.3) is 10.8 Å². The number of nitrogens with one attached hydrogen (secondary N) is 1. The van der Waals surface area contributed by atoms with Crippen molar-refractivity contribution in [3.8, 4) is 0 Å². The first-order valence-corrected chi connectivity index (χ1v) is 8.06. The molecule has 2 aromatic carbocycles. The van der Waals surface area contributed by atoms with E-state index in [4.69, 9.17) is 16.2 Å². The van der Waals surface area contributed by atoms with Gasteiger partial charge in [-0.2, -0.15) is 0 Å². The maximum atomic E-state index is 12.4. The van der Waals surface area contributed by atoms with E-state index in [0.717, 1.165) is 17.4 Å². The average molecular weight is 313 g/mol. The summed E-state index contributed by atoms with van der Waals surface area (Å²) in [5.74, 6) is -0.107. The third-order valence-corrected chi connectivity index (χ3v) is 4.39. The largest absolute Gasteiger partial charge is 0.364 e. The van der Waals surface area contributed by atoms with E-state index < -0.39 is 6.10 Å². The Morgan fingerprint density at radius 3 is 2.65 bits per heavy atom. The van der Waals surface area contributed by atoms with Crippen molar-refractivity contribution >= 4 is 16.7 Å². The van der Waals surface area contributed by atoms with Crippen LogP contribution in [0.1, 0.15) is 24.4 Å². The second kappa shape index (κ2) is 7.08. The lowest BCUT2D eigenvalue weighted by atomic mass is 10.0. The Bertz CT molecular complexity index is 689. The first-order valence-electron chi connectivity index (χ1n) is 8.06. The van der Waals surface area contributed by atoms with Gasteiger partial charge >= 0.3 is 0 Å². The SMILES string of the molecule is NCC(NC(=O)[C@@H]1CC[C@H](CN)O1)c1ccc2ccccc2c1. The Kier molecular flexibility index (Phi) is 4.91. The monoisotopic (exact) mass is 313 g/mol. The van der Waals surface area contributed by atoms with Gasteiger partial charge in [0.2, 0.25) is 5.91 Å². The summed E-state index contributed by atoms with van der Waals surface area (Å²) in [5, 5.41) is 5.31. The summed E-state index contributed by atoms with van der Waals surface area (Å²) in [7, 11) is 0. The van der Waals surface area contributed by atoms with Crippen LogP contribution in [-0.2, 0) is 9.53 Å². The topological polar surface area (TPSA) is 90.4 Å².